The molecule has 1 fully saturated rings. The molecule has 0 aliphatic carbocycles. The summed E-state index contributed by atoms with van der Waals surface area (Å²) < 4.78 is 18.9. The van der Waals surface area contributed by atoms with Crippen LogP contribution in [0.3, 0.4) is 0 Å². The summed E-state index contributed by atoms with van der Waals surface area (Å²) in [6.45, 7) is 6.20. The first-order chi connectivity index (χ1) is 11.3. The Morgan fingerprint density at radius 3 is 2.67 bits per heavy atom. The predicted octanol–water partition coefficient (Wildman–Crippen LogP) is 2.22. The molecule has 0 aromatic heterocycles. The first kappa shape index (κ1) is 21.1. The lowest BCUT2D eigenvalue weighted by atomic mass is 10.2. The largest absolute Gasteiger partial charge is 0.379 e. The van der Waals surface area contributed by atoms with Crippen molar-refractivity contribution in [1.29, 1.82) is 0 Å². The summed E-state index contributed by atoms with van der Waals surface area (Å²) in [4.78, 5) is 6.60. The van der Waals surface area contributed by atoms with Crippen molar-refractivity contribution in [2.45, 2.75) is 19.4 Å². The Hall–Kier alpha value is -0.930. The van der Waals surface area contributed by atoms with Gasteiger partial charge in [0.05, 0.1) is 13.2 Å². The predicted molar refractivity (Wildman–Crippen MR) is 107 cm³/mol. The summed E-state index contributed by atoms with van der Waals surface area (Å²) in [7, 11) is 1.73. The monoisotopic (exact) mass is 450 g/mol. The Morgan fingerprint density at radius 1 is 1.21 bits per heavy atom. The van der Waals surface area contributed by atoms with Crippen molar-refractivity contribution >= 4 is 29.9 Å². The summed E-state index contributed by atoms with van der Waals surface area (Å²) in [6, 6.07) is 6.78. The highest BCUT2D eigenvalue weighted by atomic mass is 127. The molecule has 2 rings (SSSR count). The molecule has 0 radical (unpaired) electrons. The maximum absolute atomic E-state index is 13.6. The molecule has 1 aromatic rings. The number of unbranched alkanes of at least 4 members (excludes halogenated alkanes) is 1. The number of benzene rings is 1. The van der Waals surface area contributed by atoms with Crippen LogP contribution in [0.2, 0.25) is 0 Å². The third kappa shape index (κ3) is 7.76. The van der Waals surface area contributed by atoms with Crippen LogP contribution in [-0.2, 0) is 11.3 Å². The van der Waals surface area contributed by atoms with Crippen LogP contribution in [0.5, 0.6) is 0 Å². The Balaban J connectivity index is 0.00000288. The fourth-order valence-corrected chi connectivity index (χ4v) is 2.53. The number of halogens is 2. The highest BCUT2D eigenvalue weighted by Gasteiger charge is 2.09. The molecule has 136 valence electrons. The second-order valence-corrected chi connectivity index (χ2v) is 5.61. The highest BCUT2D eigenvalue weighted by molar-refractivity contribution is 14.0. The Kier molecular flexibility index (Phi) is 10.9. The number of hydrogen-bond donors (Lipinski definition) is 2. The van der Waals surface area contributed by atoms with Crippen LogP contribution in [0, 0.1) is 5.82 Å². The minimum absolute atomic E-state index is 0. The molecule has 1 aliphatic rings. The zero-order valence-corrected chi connectivity index (χ0v) is 16.6. The second kappa shape index (κ2) is 12.4. The average molecular weight is 450 g/mol. The number of nitrogens with zero attached hydrogens (tertiary/aromatic N) is 2. The van der Waals surface area contributed by atoms with Gasteiger partial charge in [-0.1, -0.05) is 18.2 Å². The van der Waals surface area contributed by atoms with Crippen molar-refractivity contribution in [2.75, 3.05) is 46.4 Å². The van der Waals surface area contributed by atoms with Crippen molar-refractivity contribution in [2.24, 2.45) is 4.99 Å². The number of morpholine rings is 1. The number of ether oxygens (including phenoxy) is 1. The third-order valence-electron chi connectivity index (χ3n) is 3.92. The molecular weight excluding hydrogens is 422 g/mol. The number of guanidine groups is 1. The van der Waals surface area contributed by atoms with Crippen molar-refractivity contribution in [3.05, 3.63) is 35.6 Å². The number of rotatable bonds is 7. The summed E-state index contributed by atoms with van der Waals surface area (Å²) >= 11 is 0. The van der Waals surface area contributed by atoms with Crippen LogP contribution in [0.15, 0.2) is 29.3 Å². The third-order valence-corrected chi connectivity index (χ3v) is 3.92. The van der Waals surface area contributed by atoms with Gasteiger partial charge in [0, 0.05) is 38.8 Å². The van der Waals surface area contributed by atoms with E-state index in [4.69, 9.17) is 4.74 Å². The first-order valence-corrected chi connectivity index (χ1v) is 8.27. The van der Waals surface area contributed by atoms with E-state index in [9.17, 15) is 4.39 Å². The zero-order chi connectivity index (χ0) is 16.3. The van der Waals surface area contributed by atoms with Crippen molar-refractivity contribution in [3.63, 3.8) is 0 Å². The molecule has 0 bridgehead atoms. The van der Waals surface area contributed by atoms with E-state index in [-0.39, 0.29) is 29.8 Å². The van der Waals surface area contributed by atoms with Gasteiger partial charge in [-0.05, 0) is 25.5 Å². The van der Waals surface area contributed by atoms with Gasteiger partial charge in [0.2, 0.25) is 0 Å². The van der Waals surface area contributed by atoms with Crippen LogP contribution < -0.4 is 10.6 Å². The maximum atomic E-state index is 13.6. The van der Waals surface area contributed by atoms with Gasteiger partial charge in [-0.3, -0.25) is 9.89 Å². The molecule has 24 heavy (non-hydrogen) atoms. The lowest BCUT2D eigenvalue weighted by Crippen LogP contribution is -2.38. The van der Waals surface area contributed by atoms with Crippen LogP contribution in [0.25, 0.3) is 0 Å². The van der Waals surface area contributed by atoms with Gasteiger partial charge in [0.25, 0.3) is 0 Å². The Morgan fingerprint density at radius 2 is 1.96 bits per heavy atom. The van der Waals surface area contributed by atoms with Gasteiger partial charge in [-0.25, -0.2) is 4.39 Å². The normalized spacial score (nSPS) is 15.7. The minimum atomic E-state index is -0.194. The van der Waals surface area contributed by atoms with Gasteiger partial charge in [-0.2, -0.15) is 0 Å². The molecule has 1 saturated heterocycles. The quantitative estimate of drug-likeness (QED) is 0.290. The van der Waals surface area contributed by atoms with Gasteiger partial charge in [-0.15, -0.1) is 24.0 Å². The molecule has 1 aromatic carbocycles. The van der Waals surface area contributed by atoms with Gasteiger partial charge < -0.3 is 15.4 Å². The van der Waals surface area contributed by atoms with E-state index in [0.717, 1.165) is 52.2 Å². The van der Waals surface area contributed by atoms with Crippen LogP contribution in [0.1, 0.15) is 18.4 Å². The maximum Gasteiger partial charge on any atom is 0.191 e. The van der Waals surface area contributed by atoms with Gasteiger partial charge in [0.15, 0.2) is 5.96 Å². The summed E-state index contributed by atoms with van der Waals surface area (Å²) in [5.74, 6) is 0.514. The number of nitrogens with one attached hydrogen (secondary N) is 2. The molecular formula is C17H28FIN4O. The molecule has 0 unspecified atom stereocenters. The lowest BCUT2D eigenvalue weighted by molar-refractivity contribution is 0.0372. The van der Waals surface area contributed by atoms with Gasteiger partial charge >= 0.3 is 0 Å². The highest BCUT2D eigenvalue weighted by Crippen LogP contribution is 2.05. The van der Waals surface area contributed by atoms with Crippen molar-refractivity contribution < 1.29 is 9.13 Å². The number of aliphatic imine (C=N–C) groups is 1. The van der Waals surface area contributed by atoms with E-state index in [1.807, 2.05) is 6.07 Å². The van der Waals surface area contributed by atoms with E-state index >= 15 is 0 Å². The van der Waals surface area contributed by atoms with E-state index in [2.05, 4.69) is 20.5 Å². The van der Waals surface area contributed by atoms with E-state index in [1.165, 1.54) is 6.07 Å². The minimum Gasteiger partial charge on any atom is -0.379 e. The fourth-order valence-electron chi connectivity index (χ4n) is 2.53. The molecule has 7 heteroatoms. The Labute approximate surface area is 161 Å². The van der Waals surface area contributed by atoms with E-state index in [1.54, 1.807) is 19.2 Å². The lowest BCUT2D eigenvalue weighted by Gasteiger charge is -2.26. The fraction of sp³-hybridized carbons (Fsp3) is 0.588. The average Bonchev–Trinajstić information content (AvgIpc) is 2.59. The molecule has 0 atom stereocenters. The molecule has 0 spiro atoms. The van der Waals surface area contributed by atoms with E-state index in [0.29, 0.717) is 18.1 Å². The molecule has 0 saturated carbocycles. The molecule has 1 heterocycles. The summed E-state index contributed by atoms with van der Waals surface area (Å²) in [6.07, 6.45) is 2.23. The van der Waals surface area contributed by atoms with Crippen molar-refractivity contribution in [3.8, 4) is 0 Å². The standard InChI is InChI=1S/C17H27FN4O.HI/c1-19-17(21-14-15-6-2-3-7-16(15)18)20-8-4-5-9-22-10-12-23-13-11-22;/h2-3,6-7H,4-5,8-14H2,1H3,(H2,19,20,21);1H. The molecule has 5 nitrogen and oxygen atoms in total. The van der Waals surface area contributed by atoms with Crippen molar-refractivity contribution in [1.82, 2.24) is 15.5 Å². The molecule has 1 aliphatic heterocycles. The van der Waals surface area contributed by atoms with Crippen LogP contribution in [-0.4, -0.2) is 57.3 Å². The second-order valence-electron chi connectivity index (χ2n) is 5.61. The van der Waals surface area contributed by atoms with Crippen LogP contribution in [0.4, 0.5) is 4.39 Å². The SMILES string of the molecule is CN=C(NCCCCN1CCOCC1)NCc1ccccc1F.I. The van der Waals surface area contributed by atoms with Gasteiger partial charge in [0.1, 0.15) is 5.82 Å². The number of hydrogen-bond acceptors (Lipinski definition) is 3. The zero-order valence-electron chi connectivity index (χ0n) is 14.3. The first-order valence-electron chi connectivity index (χ1n) is 8.27. The van der Waals surface area contributed by atoms with E-state index < -0.39 is 0 Å². The summed E-state index contributed by atoms with van der Waals surface area (Å²) in [5, 5.41) is 6.41. The Bertz CT molecular complexity index is 495. The summed E-state index contributed by atoms with van der Waals surface area (Å²) in [5.41, 5.74) is 0.641. The topological polar surface area (TPSA) is 48.9 Å². The smallest absolute Gasteiger partial charge is 0.191 e. The molecule has 2 N–H and O–H groups in total. The van der Waals surface area contributed by atoms with Crippen LogP contribution >= 0.6 is 24.0 Å². The molecule has 0 amide bonds.